The molecule has 124 valence electrons. The summed E-state index contributed by atoms with van der Waals surface area (Å²) >= 11 is 0. The summed E-state index contributed by atoms with van der Waals surface area (Å²) in [6.45, 7) is 4.31. The van der Waals surface area contributed by atoms with Crippen molar-refractivity contribution in [3.63, 3.8) is 0 Å². The minimum Gasteiger partial charge on any atom is -0.347 e. The fourth-order valence-electron chi connectivity index (χ4n) is 2.01. The predicted molar refractivity (Wildman–Crippen MR) is 77.6 cm³/mol. The van der Waals surface area contributed by atoms with Crippen LogP contribution in [-0.4, -0.2) is 26.7 Å². The van der Waals surface area contributed by atoms with E-state index < -0.39 is 17.6 Å². The van der Waals surface area contributed by atoms with Crippen LogP contribution in [0.3, 0.4) is 0 Å². The number of hydrogen-bond donors (Lipinski definition) is 1. The average Bonchev–Trinajstić information content (AvgIpc) is 2.98. The van der Waals surface area contributed by atoms with Gasteiger partial charge in [0.1, 0.15) is 12.7 Å². The summed E-state index contributed by atoms with van der Waals surface area (Å²) < 4.78 is 39.2. The second-order valence-electron chi connectivity index (χ2n) is 5.52. The lowest BCUT2D eigenvalue weighted by Gasteiger charge is -2.22. The Morgan fingerprint density at radius 2 is 1.91 bits per heavy atom. The van der Waals surface area contributed by atoms with E-state index in [0.717, 1.165) is 12.1 Å². The van der Waals surface area contributed by atoms with E-state index in [2.05, 4.69) is 15.4 Å². The monoisotopic (exact) mass is 326 g/mol. The molecule has 0 radical (unpaired) electrons. The van der Waals surface area contributed by atoms with Gasteiger partial charge in [0.25, 0.3) is 5.91 Å². The van der Waals surface area contributed by atoms with E-state index in [0.29, 0.717) is 6.54 Å². The van der Waals surface area contributed by atoms with Gasteiger partial charge in [0, 0.05) is 5.56 Å². The number of hydrogen-bond acceptors (Lipinski definition) is 3. The van der Waals surface area contributed by atoms with Gasteiger partial charge in [-0.25, -0.2) is 4.98 Å². The zero-order chi connectivity index (χ0) is 17.0. The van der Waals surface area contributed by atoms with Crippen molar-refractivity contribution in [1.29, 1.82) is 0 Å². The standard InChI is InChI=1S/C15H17F3N4O/c1-10(2)13(7-22-9-19-8-20-22)21-14(23)11-3-5-12(6-4-11)15(16,17)18/h3-6,8-10,13H,7H2,1-2H3,(H,21,23)/t13-/m0/s1. The maximum absolute atomic E-state index is 12.5. The Kier molecular flexibility index (Phi) is 5.02. The first-order chi connectivity index (χ1) is 10.8. The number of amides is 1. The number of rotatable bonds is 5. The van der Waals surface area contributed by atoms with Crippen LogP contribution in [-0.2, 0) is 12.7 Å². The fraction of sp³-hybridized carbons (Fsp3) is 0.400. The molecule has 0 aliphatic rings. The van der Waals surface area contributed by atoms with Crippen molar-refractivity contribution in [1.82, 2.24) is 20.1 Å². The Balaban J connectivity index is 2.06. The molecular formula is C15H17F3N4O. The highest BCUT2D eigenvalue weighted by Crippen LogP contribution is 2.29. The molecule has 1 N–H and O–H groups in total. The second kappa shape index (κ2) is 6.80. The molecule has 1 atom stereocenters. The quantitative estimate of drug-likeness (QED) is 0.919. The van der Waals surface area contributed by atoms with E-state index in [1.54, 1.807) is 11.0 Å². The Hall–Kier alpha value is -2.38. The lowest BCUT2D eigenvalue weighted by atomic mass is 10.0. The van der Waals surface area contributed by atoms with Crippen LogP contribution in [0.25, 0.3) is 0 Å². The highest BCUT2D eigenvalue weighted by Gasteiger charge is 2.30. The molecule has 2 aromatic rings. The Labute approximate surface area is 131 Å². The molecule has 1 heterocycles. The molecule has 0 fully saturated rings. The van der Waals surface area contributed by atoms with Crippen LogP contribution in [0.1, 0.15) is 29.8 Å². The van der Waals surface area contributed by atoms with Crippen molar-refractivity contribution >= 4 is 5.91 Å². The van der Waals surface area contributed by atoms with Gasteiger partial charge >= 0.3 is 6.18 Å². The van der Waals surface area contributed by atoms with Crippen LogP contribution in [0, 0.1) is 5.92 Å². The number of alkyl halides is 3. The summed E-state index contributed by atoms with van der Waals surface area (Å²) in [7, 11) is 0. The van der Waals surface area contributed by atoms with Gasteiger partial charge in [-0.3, -0.25) is 9.48 Å². The maximum atomic E-state index is 12.5. The molecule has 2 rings (SSSR count). The van der Waals surface area contributed by atoms with Crippen LogP contribution in [0.5, 0.6) is 0 Å². The minimum atomic E-state index is -4.41. The molecule has 0 unspecified atom stereocenters. The summed E-state index contributed by atoms with van der Waals surface area (Å²) in [6.07, 6.45) is -1.47. The van der Waals surface area contributed by atoms with Crippen LogP contribution >= 0.6 is 0 Å². The van der Waals surface area contributed by atoms with Gasteiger partial charge in [0.2, 0.25) is 0 Å². The molecule has 0 spiro atoms. The third-order valence-electron chi connectivity index (χ3n) is 3.45. The number of nitrogens with one attached hydrogen (secondary N) is 1. The molecule has 0 aliphatic heterocycles. The van der Waals surface area contributed by atoms with Gasteiger partial charge in [0.15, 0.2) is 0 Å². The van der Waals surface area contributed by atoms with E-state index in [4.69, 9.17) is 0 Å². The van der Waals surface area contributed by atoms with Crippen LogP contribution < -0.4 is 5.32 Å². The molecule has 5 nitrogen and oxygen atoms in total. The minimum absolute atomic E-state index is 0.123. The van der Waals surface area contributed by atoms with Crippen LogP contribution in [0.15, 0.2) is 36.9 Å². The van der Waals surface area contributed by atoms with Crippen LogP contribution in [0.2, 0.25) is 0 Å². The molecule has 1 amide bonds. The van der Waals surface area contributed by atoms with Gasteiger partial charge in [-0.2, -0.15) is 18.3 Å². The number of carbonyl (C=O) groups is 1. The van der Waals surface area contributed by atoms with E-state index in [1.165, 1.54) is 18.5 Å². The molecule has 8 heteroatoms. The lowest BCUT2D eigenvalue weighted by molar-refractivity contribution is -0.137. The Morgan fingerprint density at radius 3 is 2.39 bits per heavy atom. The SMILES string of the molecule is CC(C)[C@H](Cn1cncn1)NC(=O)c1ccc(C(F)(F)F)cc1. The van der Waals surface area contributed by atoms with Gasteiger partial charge in [-0.1, -0.05) is 13.8 Å². The molecule has 0 saturated carbocycles. The molecule has 1 aromatic carbocycles. The summed E-state index contributed by atoms with van der Waals surface area (Å²) in [5.74, 6) is -0.296. The molecule has 0 aliphatic carbocycles. The highest BCUT2D eigenvalue weighted by molar-refractivity contribution is 5.94. The Morgan fingerprint density at radius 1 is 1.26 bits per heavy atom. The highest BCUT2D eigenvalue weighted by atomic mass is 19.4. The third kappa shape index (κ3) is 4.54. The largest absolute Gasteiger partial charge is 0.416 e. The summed E-state index contributed by atoms with van der Waals surface area (Å²) in [4.78, 5) is 16.0. The average molecular weight is 326 g/mol. The van der Waals surface area contributed by atoms with Gasteiger partial charge in [-0.15, -0.1) is 0 Å². The van der Waals surface area contributed by atoms with Crippen molar-refractivity contribution in [2.75, 3.05) is 0 Å². The second-order valence-corrected chi connectivity index (χ2v) is 5.52. The number of benzene rings is 1. The zero-order valence-electron chi connectivity index (χ0n) is 12.7. The number of nitrogens with zero attached hydrogens (tertiary/aromatic N) is 3. The third-order valence-corrected chi connectivity index (χ3v) is 3.45. The molecule has 23 heavy (non-hydrogen) atoms. The summed E-state index contributed by atoms with van der Waals surface area (Å²) in [5, 5.41) is 6.81. The van der Waals surface area contributed by atoms with Crippen molar-refractivity contribution < 1.29 is 18.0 Å². The molecule has 1 aromatic heterocycles. The predicted octanol–water partition coefficient (Wildman–Crippen LogP) is 2.75. The first-order valence-corrected chi connectivity index (χ1v) is 7.08. The first kappa shape index (κ1) is 17.0. The Bertz CT molecular complexity index is 636. The van der Waals surface area contributed by atoms with Gasteiger partial charge < -0.3 is 5.32 Å². The zero-order valence-corrected chi connectivity index (χ0v) is 12.7. The number of carbonyl (C=O) groups excluding carboxylic acids is 1. The topological polar surface area (TPSA) is 59.8 Å². The molecular weight excluding hydrogens is 309 g/mol. The summed E-state index contributed by atoms with van der Waals surface area (Å²) in [6, 6.07) is 3.93. The van der Waals surface area contributed by atoms with Crippen molar-refractivity contribution in [2.24, 2.45) is 5.92 Å². The van der Waals surface area contributed by atoms with Crippen molar-refractivity contribution in [3.05, 3.63) is 48.0 Å². The van der Waals surface area contributed by atoms with Gasteiger partial charge in [-0.05, 0) is 30.2 Å². The number of aromatic nitrogens is 3. The van der Waals surface area contributed by atoms with E-state index in [9.17, 15) is 18.0 Å². The van der Waals surface area contributed by atoms with Gasteiger partial charge in [0.05, 0.1) is 18.2 Å². The van der Waals surface area contributed by atoms with Crippen LogP contribution in [0.4, 0.5) is 13.2 Å². The lowest BCUT2D eigenvalue weighted by Crippen LogP contribution is -2.41. The van der Waals surface area contributed by atoms with E-state index >= 15 is 0 Å². The van der Waals surface area contributed by atoms with E-state index in [1.807, 2.05) is 13.8 Å². The van der Waals surface area contributed by atoms with E-state index in [-0.39, 0.29) is 17.5 Å². The van der Waals surface area contributed by atoms with Crippen molar-refractivity contribution in [3.8, 4) is 0 Å². The maximum Gasteiger partial charge on any atom is 0.416 e. The number of halogens is 3. The summed E-state index contributed by atoms with van der Waals surface area (Å²) in [5.41, 5.74) is -0.598. The fourth-order valence-corrected chi connectivity index (χ4v) is 2.01. The molecule has 0 bridgehead atoms. The first-order valence-electron chi connectivity index (χ1n) is 7.08. The smallest absolute Gasteiger partial charge is 0.347 e. The van der Waals surface area contributed by atoms with Crippen molar-refractivity contribution in [2.45, 2.75) is 32.6 Å². The normalized spacial score (nSPS) is 13.1. The molecule has 0 saturated heterocycles.